The zero-order valence-electron chi connectivity index (χ0n) is 12.8. The molecule has 2 aromatic carbocycles. The number of halogens is 1. The topological polar surface area (TPSA) is 49.4 Å². The van der Waals surface area contributed by atoms with E-state index in [1.807, 2.05) is 30.3 Å². The van der Waals surface area contributed by atoms with Crippen molar-refractivity contribution in [2.45, 2.75) is 13.3 Å². The van der Waals surface area contributed by atoms with Gasteiger partial charge < -0.3 is 10.2 Å². The van der Waals surface area contributed by atoms with Crippen LogP contribution in [0, 0.1) is 18.7 Å². The van der Waals surface area contributed by atoms with Gasteiger partial charge in [0.05, 0.1) is 5.92 Å². The van der Waals surface area contributed by atoms with Crippen LogP contribution in [0.4, 0.5) is 15.8 Å². The molecular formula is C18H17FN2O2. The Balaban J connectivity index is 1.69. The van der Waals surface area contributed by atoms with Gasteiger partial charge in [-0.2, -0.15) is 0 Å². The minimum absolute atomic E-state index is 0.0774. The average molecular weight is 312 g/mol. The molecule has 1 fully saturated rings. The Morgan fingerprint density at radius 2 is 1.96 bits per heavy atom. The first-order chi connectivity index (χ1) is 11.0. The molecule has 3 rings (SSSR count). The van der Waals surface area contributed by atoms with Gasteiger partial charge in [-0.15, -0.1) is 0 Å². The van der Waals surface area contributed by atoms with Crippen LogP contribution in [-0.2, 0) is 9.59 Å². The lowest BCUT2D eigenvalue weighted by Crippen LogP contribution is -2.28. The number of benzene rings is 2. The Kier molecular flexibility index (Phi) is 4.10. The van der Waals surface area contributed by atoms with Gasteiger partial charge >= 0.3 is 0 Å². The predicted molar refractivity (Wildman–Crippen MR) is 86.7 cm³/mol. The van der Waals surface area contributed by atoms with E-state index in [0.717, 1.165) is 5.69 Å². The number of amides is 2. The summed E-state index contributed by atoms with van der Waals surface area (Å²) in [6.45, 7) is 2.00. The molecule has 2 aromatic rings. The SMILES string of the molecule is Cc1ccc(NC(=O)[C@H]2CC(=O)N(c3ccccc3)C2)cc1F. The average Bonchev–Trinajstić information content (AvgIpc) is 2.94. The van der Waals surface area contributed by atoms with E-state index in [4.69, 9.17) is 0 Å². The minimum atomic E-state index is -0.438. The highest BCUT2D eigenvalue weighted by molar-refractivity contribution is 6.03. The van der Waals surface area contributed by atoms with Crippen LogP contribution in [0.5, 0.6) is 0 Å². The van der Waals surface area contributed by atoms with Crippen LogP contribution in [0.15, 0.2) is 48.5 Å². The van der Waals surface area contributed by atoms with E-state index in [2.05, 4.69) is 5.32 Å². The summed E-state index contributed by atoms with van der Waals surface area (Å²) >= 11 is 0. The van der Waals surface area contributed by atoms with Gasteiger partial charge in [-0.05, 0) is 36.8 Å². The highest BCUT2D eigenvalue weighted by Crippen LogP contribution is 2.26. The molecule has 4 nitrogen and oxygen atoms in total. The second-order valence-corrected chi connectivity index (χ2v) is 5.69. The number of anilines is 2. The molecule has 1 saturated heterocycles. The third-order valence-electron chi connectivity index (χ3n) is 4.00. The molecule has 0 bridgehead atoms. The van der Waals surface area contributed by atoms with Crippen molar-refractivity contribution in [2.24, 2.45) is 5.92 Å². The van der Waals surface area contributed by atoms with Gasteiger partial charge in [0.15, 0.2) is 0 Å². The summed E-state index contributed by atoms with van der Waals surface area (Å²) in [7, 11) is 0. The molecule has 1 aliphatic rings. The summed E-state index contributed by atoms with van der Waals surface area (Å²) in [4.78, 5) is 26.1. The van der Waals surface area contributed by atoms with Gasteiger partial charge in [0.2, 0.25) is 11.8 Å². The summed E-state index contributed by atoms with van der Waals surface area (Å²) in [5.41, 5.74) is 1.71. The van der Waals surface area contributed by atoms with Gasteiger partial charge in [-0.25, -0.2) is 4.39 Å². The highest BCUT2D eigenvalue weighted by Gasteiger charge is 2.35. The van der Waals surface area contributed by atoms with E-state index in [-0.39, 0.29) is 24.1 Å². The fourth-order valence-electron chi connectivity index (χ4n) is 2.66. The van der Waals surface area contributed by atoms with Crippen LogP contribution in [0.25, 0.3) is 0 Å². The number of nitrogens with one attached hydrogen (secondary N) is 1. The molecule has 5 heteroatoms. The molecular weight excluding hydrogens is 295 g/mol. The van der Waals surface area contributed by atoms with Crippen LogP contribution >= 0.6 is 0 Å². The number of para-hydroxylation sites is 1. The Bertz CT molecular complexity index is 746. The number of hydrogen-bond acceptors (Lipinski definition) is 2. The Morgan fingerprint density at radius 1 is 1.22 bits per heavy atom. The third-order valence-corrected chi connectivity index (χ3v) is 4.00. The molecule has 1 aliphatic heterocycles. The zero-order valence-corrected chi connectivity index (χ0v) is 12.8. The summed E-state index contributed by atoms with van der Waals surface area (Å²) in [5.74, 6) is -1.14. The summed E-state index contributed by atoms with van der Waals surface area (Å²) in [6, 6.07) is 13.8. The van der Waals surface area contributed by atoms with E-state index in [9.17, 15) is 14.0 Å². The third kappa shape index (κ3) is 3.23. The maximum absolute atomic E-state index is 13.5. The second-order valence-electron chi connectivity index (χ2n) is 5.69. The maximum atomic E-state index is 13.5. The first kappa shape index (κ1) is 15.2. The van der Waals surface area contributed by atoms with E-state index in [0.29, 0.717) is 17.8 Å². The second kappa shape index (κ2) is 6.20. The predicted octanol–water partition coefficient (Wildman–Crippen LogP) is 3.13. The molecule has 118 valence electrons. The number of carbonyl (C=O) groups excluding carboxylic acids is 2. The number of aryl methyl sites for hydroxylation is 1. The Labute approximate surface area is 133 Å². The van der Waals surface area contributed by atoms with Crippen molar-refractivity contribution < 1.29 is 14.0 Å². The first-order valence-corrected chi connectivity index (χ1v) is 7.47. The smallest absolute Gasteiger partial charge is 0.229 e. The number of rotatable bonds is 3. The number of carbonyl (C=O) groups is 2. The lowest BCUT2D eigenvalue weighted by Gasteiger charge is -2.16. The van der Waals surface area contributed by atoms with Crippen molar-refractivity contribution in [1.82, 2.24) is 0 Å². The maximum Gasteiger partial charge on any atom is 0.229 e. The molecule has 0 aliphatic carbocycles. The quantitative estimate of drug-likeness (QED) is 0.946. The van der Waals surface area contributed by atoms with Gasteiger partial charge in [0, 0.05) is 24.3 Å². The molecule has 0 aromatic heterocycles. The molecule has 0 unspecified atom stereocenters. The summed E-state index contributed by atoms with van der Waals surface area (Å²) in [5, 5.41) is 2.69. The zero-order chi connectivity index (χ0) is 16.4. The molecule has 23 heavy (non-hydrogen) atoms. The normalized spacial score (nSPS) is 17.4. The van der Waals surface area contributed by atoms with Gasteiger partial charge in [0.25, 0.3) is 0 Å². The summed E-state index contributed by atoms with van der Waals surface area (Å²) in [6.07, 6.45) is 0.162. The van der Waals surface area contributed by atoms with E-state index >= 15 is 0 Å². The largest absolute Gasteiger partial charge is 0.326 e. The highest BCUT2D eigenvalue weighted by atomic mass is 19.1. The van der Waals surface area contributed by atoms with Gasteiger partial charge in [0.1, 0.15) is 5.82 Å². The van der Waals surface area contributed by atoms with E-state index in [1.165, 1.54) is 6.07 Å². The lowest BCUT2D eigenvalue weighted by atomic mass is 10.1. The van der Waals surface area contributed by atoms with Crippen LogP contribution in [-0.4, -0.2) is 18.4 Å². The van der Waals surface area contributed by atoms with Crippen LogP contribution in [0.2, 0.25) is 0 Å². The van der Waals surface area contributed by atoms with Crippen molar-refractivity contribution in [3.8, 4) is 0 Å². The fourth-order valence-corrected chi connectivity index (χ4v) is 2.66. The first-order valence-electron chi connectivity index (χ1n) is 7.47. The minimum Gasteiger partial charge on any atom is -0.326 e. The van der Waals surface area contributed by atoms with E-state index in [1.54, 1.807) is 24.0 Å². The Hall–Kier alpha value is -2.69. The standard InChI is InChI=1S/C18H17FN2O2/c1-12-7-8-14(10-16(12)19)20-18(23)13-9-17(22)21(11-13)15-5-3-2-4-6-15/h2-8,10,13H,9,11H2,1H3,(H,20,23)/t13-/m0/s1. The Morgan fingerprint density at radius 3 is 2.65 bits per heavy atom. The number of nitrogens with zero attached hydrogens (tertiary/aromatic N) is 1. The van der Waals surface area contributed by atoms with Crippen molar-refractivity contribution >= 4 is 23.2 Å². The van der Waals surface area contributed by atoms with Gasteiger partial charge in [-0.3, -0.25) is 9.59 Å². The molecule has 0 radical (unpaired) electrons. The van der Waals surface area contributed by atoms with Crippen LogP contribution in [0.1, 0.15) is 12.0 Å². The lowest BCUT2D eigenvalue weighted by molar-refractivity contribution is -0.122. The molecule has 1 heterocycles. The monoisotopic (exact) mass is 312 g/mol. The number of hydrogen-bond donors (Lipinski definition) is 1. The molecule has 2 amide bonds. The van der Waals surface area contributed by atoms with Gasteiger partial charge in [-0.1, -0.05) is 24.3 Å². The fraction of sp³-hybridized carbons (Fsp3) is 0.222. The van der Waals surface area contributed by atoms with Crippen molar-refractivity contribution in [2.75, 3.05) is 16.8 Å². The van der Waals surface area contributed by atoms with Crippen LogP contribution < -0.4 is 10.2 Å². The molecule has 1 atom stereocenters. The molecule has 0 saturated carbocycles. The van der Waals surface area contributed by atoms with E-state index < -0.39 is 5.92 Å². The summed E-state index contributed by atoms with van der Waals surface area (Å²) < 4.78 is 13.5. The molecule has 1 N–H and O–H groups in total. The van der Waals surface area contributed by atoms with Crippen molar-refractivity contribution in [3.63, 3.8) is 0 Å². The van der Waals surface area contributed by atoms with Crippen LogP contribution in [0.3, 0.4) is 0 Å². The molecule has 0 spiro atoms. The van der Waals surface area contributed by atoms with Crippen molar-refractivity contribution in [3.05, 3.63) is 59.9 Å². The van der Waals surface area contributed by atoms with Crippen molar-refractivity contribution in [1.29, 1.82) is 0 Å².